The molecule has 0 spiro atoms. The summed E-state index contributed by atoms with van der Waals surface area (Å²) in [7, 11) is 0. The predicted molar refractivity (Wildman–Crippen MR) is 107 cm³/mol. The number of allylic oxidation sites excluding steroid dienone is 1. The Balaban J connectivity index is 1.56. The van der Waals surface area contributed by atoms with Gasteiger partial charge in [0.15, 0.2) is 11.5 Å². The van der Waals surface area contributed by atoms with E-state index in [1.165, 1.54) is 6.33 Å². The molecular weight excluding hydrogens is 370 g/mol. The lowest BCUT2D eigenvalue weighted by Gasteiger charge is -2.28. The number of aromatic nitrogens is 3. The molecule has 0 aliphatic carbocycles. The molecule has 2 N–H and O–H groups in total. The monoisotopic (exact) mass is 389 g/mol. The number of anilines is 2. The van der Waals surface area contributed by atoms with Gasteiger partial charge >= 0.3 is 0 Å². The second-order valence-electron chi connectivity index (χ2n) is 7.03. The van der Waals surface area contributed by atoms with Crippen LogP contribution in [0.25, 0.3) is 0 Å². The van der Waals surface area contributed by atoms with Crippen molar-refractivity contribution in [3.63, 3.8) is 0 Å². The third kappa shape index (κ3) is 2.98. The van der Waals surface area contributed by atoms with Gasteiger partial charge in [-0.05, 0) is 43.7 Å². The number of aryl methyl sites for hydroxylation is 1. The zero-order valence-electron chi connectivity index (χ0n) is 16.0. The van der Waals surface area contributed by atoms with Crippen LogP contribution in [0.15, 0.2) is 60.1 Å². The number of hydrogen-bond acceptors (Lipinski definition) is 6. The van der Waals surface area contributed by atoms with Gasteiger partial charge in [-0.25, -0.2) is 4.68 Å². The summed E-state index contributed by atoms with van der Waals surface area (Å²) in [6.45, 7) is 4.06. The summed E-state index contributed by atoms with van der Waals surface area (Å²) in [5.41, 5.74) is 3.99. The van der Waals surface area contributed by atoms with Crippen LogP contribution in [0.4, 0.5) is 11.6 Å². The molecule has 8 heteroatoms. The highest BCUT2D eigenvalue weighted by Gasteiger charge is 2.34. The van der Waals surface area contributed by atoms with Crippen molar-refractivity contribution in [1.29, 1.82) is 0 Å². The van der Waals surface area contributed by atoms with Crippen LogP contribution in [-0.4, -0.2) is 27.5 Å². The molecular formula is C21H19N5O3. The Bertz CT molecular complexity index is 1130. The summed E-state index contributed by atoms with van der Waals surface area (Å²) in [5, 5.41) is 10.5. The van der Waals surface area contributed by atoms with E-state index in [9.17, 15) is 4.79 Å². The van der Waals surface area contributed by atoms with Gasteiger partial charge in [0.1, 0.15) is 12.4 Å². The first-order valence-electron chi connectivity index (χ1n) is 9.25. The Morgan fingerprint density at radius 3 is 2.76 bits per heavy atom. The van der Waals surface area contributed by atoms with Gasteiger partial charge in [0, 0.05) is 11.4 Å². The minimum atomic E-state index is -0.450. The zero-order chi connectivity index (χ0) is 20.0. The topological polar surface area (TPSA) is 90.3 Å². The van der Waals surface area contributed by atoms with Crippen LogP contribution in [0.3, 0.4) is 0 Å². The quantitative estimate of drug-likeness (QED) is 0.715. The molecule has 5 rings (SSSR count). The van der Waals surface area contributed by atoms with Gasteiger partial charge in [0.2, 0.25) is 12.7 Å². The van der Waals surface area contributed by atoms with E-state index < -0.39 is 6.04 Å². The molecule has 2 aliphatic heterocycles. The minimum absolute atomic E-state index is 0.190. The summed E-state index contributed by atoms with van der Waals surface area (Å²) in [5.74, 6) is 1.71. The minimum Gasteiger partial charge on any atom is -0.454 e. The molecule has 29 heavy (non-hydrogen) atoms. The Labute approximate surface area is 167 Å². The van der Waals surface area contributed by atoms with E-state index in [0.717, 1.165) is 22.5 Å². The molecule has 3 heterocycles. The van der Waals surface area contributed by atoms with E-state index in [0.29, 0.717) is 23.0 Å². The summed E-state index contributed by atoms with van der Waals surface area (Å²) in [6.07, 6.45) is 1.47. The maximum atomic E-state index is 13.3. The highest BCUT2D eigenvalue weighted by Crippen LogP contribution is 2.40. The molecule has 0 bridgehead atoms. The third-order valence-corrected chi connectivity index (χ3v) is 5.06. The highest BCUT2D eigenvalue weighted by atomic mass is 16.7. The number of hydrogen-bond donors (Lipinski definition) is 2. The van der Waals surface area contributed by atoms with Crippen LogP contribution in [0.5, 0.6) is 11.5 Å². The van der Waals surface area contributed by atoms with Gasteiger partial charge in [-0.1, -0.05) is 23.8 Å². The molecule has 0 fully saturated rings. The van der Waals surface area contributed by atoms with Gasteiger partial charge in [-0.3, -0.25) is 4.79 Å². The van der Waals surface area contributed by atoms with Gasteiger partial charge < -0.3 is 20.1 Å². The average Bonchev–Trinajstić information content (AvgIpc) is 3.36. The van der Waals surface area contributed by atoms with Crippen LogP contribution < -0.4 is 20.1 Å². The maximum absolute atomic E-state index is 13.3. The van der Waals surface area contributed by atoms with E-state index in [1.54, 1.807) is 4.68 Å². The second-order valence-corrected chi connectivity index (χ2v) is 7.03. The molecule has 1 atom stereocenters. The van der Waals surface area contributed by atoms with Crippen LogP contribution in [0.2, 0.25) is 0 Å². The summed E-state index contributed by atoms with van der Waals surface area (Å²) >= 11 is 0. The Morgan fingerprint density at radius 2 is 1.93 bits per heavy atom. The Hall–Kier alpha value is -3.81. The number of fused-ring (bicyclic) bond motifs is 2. The highest BCUT2D eigenvalue weighted by molar-refractivity contribution is 6.06. The molecule has 8 nitrogen and oxygen atoms in total. The fraction of sp³-hybridized carbons (Fsp3) is 0.190. The van der Waals surface area contributed by atoms with E-state index in [1.807, 2.05) is 56.3 Å². The average molecular weight is 389 g/mol. The number of amides is 1. The lowest BCUT2D eigenvalue weighted by atomic mass is 9.94. The summed E-state index contributed by atoms with van der Waals surface area (Å²) in [6, 6.07) is 12.9. The Morgan fingerprint density at radius 1 is 1.14 bits per heavy atom. The largest absolute Gasteiger partial charge is 0.454 e. The lowest BCUT2D eigenvalue weighted by Crippen LogP contribution is -2.31. The van der Waals surface area contributed by atoms with Crippen molar-refractivity contribution in [2.75, 3.05) is 17.4 Å². The molecule has 0 saturated carbocycles. The van der Waals surface area contributed by atoms with Gasteiger partial charge in [-0.15, -0.1) is 0 Å². The number of ether oxygens (including phenoxy) is 2. The van der Waals surface area contributed by atoms with Gasteiger partial charge in [0.05, 0.1) is 5.57 Å². The van der Waals surface area contributed by atoms with Crippen molar-refractivity contribution in [3.8, 4) is 11.5 Å². The van der Waals surface area contributed by atoms with Crippen molar-refractivity contribution in [2.24, 2.45) is 0 Å². The molecule has 3 aromatic rings. The number of rotatable bonds is 3. The van der Waals surface area contributed by atoms with Crippen LogP contribution in [-0.2, 0) is 4.79 Å². The van der Waals surface area contributed by atoms with E-state index in [2.05, 4.69) is 20.7 Å². The maximum Gasteiger partial charge on any atom is 0.255 e. The first-order valence-corrected chi connectivity index (χ1v) is 9.25. The van der Waals surface area contributed by atoms with E-state index in [-0.39, 0.29) is 12.7 Å². The molecule has 1 aromatic heterocycles. The fourth-order valence-corrected chi connectivity index (χ4v) is 3.61. The normalized spacial score (nSPS) is 17.0. The molecule has 0 saturated heterocycles. The molecule has 2 aliphatic rings. The predicted octanol–water partition coefficient (Wildman–Crippen LogP) is 3.24. The molecule has 1 amide bonds. The molecule has 2 aromatic carbocycles. The number of nitrogens with zero attached hydrogens (tertiary/aromatic N) is 3. The summed E-state index contributed by atoms with van der Waals surface area (Å²) < 4.78 is 12.7. The first-order chi connectivity index (χ1) is 14.1. The lowest BCUT2D eigenvalue weighted by molar-refractivity contribution is -0.113. The SMILES string of the molecule is CC1=C(C(=O)Nc2ccc(C)cc2)C(c2ccc3c(c2)OCO3)n2ncnc2N1. The van der Waals surface area contributed by atoms with Gasteiger partial charge in [-0.2, -0.15) is 10.1 Å². The van der Waals surface area contributed by atoms with Crippen molar-refractivity contribution in [2.45, 2.75) is 19.9 Å². The second kappa shape index (κ2) is 6.66. The number of carbonyl (C=O) groups is 1. The van der Waals surface area contributed by atoms with Crippen LogP contribution >= 0.6 is 0 Å². The third-order valence-electron chi connectivity index (χ3n) is 5.06. The van der Waals surface area contributed by atoms with Crippen LogP contribution in [0, 0.1) is 6.92 Å². The standard InChI is InChI=1S/C21H19N5O3/c1-12-3-6-15(7-4-12)25-20(27)18-13(2)24-21-22-10-23-26(21)19(18)14-5-8-16-17(9-14)29-11-28-16/h3-10,19H,11H2,1-2H3,(H,25,27)(H,22,23,24). The van der Waals surface area contributed by atoms with Crippen molar-refractivity contribution in [1.82, 2.24) is 14.8 Å². The van der Waals surface area contributed by atoms with Crippen molar-refractivity contribution in [3.05, 3.63) is 71.2 Å². The number of nitrogens with one attached hydrogen (secondary N) is 2. The summed E-state index contributed by atoms with van der Waals surface area (Å²) in [4.78, 5) is 17.5. The fourth-order valence-electron chi connectivity index (χ4n) is 3.61. The molecule has 1 unspecified atom stereocenters. The van der Waals surface area contributed by atoms with E-state index in [4.69, 9.17) is 9.47 Å². The van der Waals surface area contributed by atoms with Crippen molar-refractivity contribution >= 4 is 17.5 Å². The number of carbonyl (C=O) groups excluding carboxylic acids is 1. The van der Waals surface area contributed by atoms with Gasteiger partial charge in [0.25, 0.3) is 5.91 Å². The number of benzene rings is 2. The Kier molecular flexibility index (Phi) is 3.97. The van der Waals surface area contributed by atoms with Crippen molar-refractivity contribution < 1.29 is 14.3 Å². The molecule has 146 valence electrons. The smallest absolute Gasteiger partial charge is 0.255 e. The van der Waals surface area contributed by atoms with Crippen LogP contribution in [0.1, 0.15) is 24.1 Å². The zero-order valence-corrected chi connectivity index (χ0v) is 16.0. The van der Waals surface area contributed by atoms with E-state index >= 15 is 0 Å². The molecule has 0 radical (unpaired) electrons. The first kappa shape index (κ1) is 17.3.